The third kappa shape index (κ3) is 3.26. The van der Waals surface area contributed by atoms with Gasteiger partial charge in [0.2, 0.25) is 10.0 Å². The van der Waals surface area contributed by atoms with Gasteiger partial charge in [-0.15, -0.1) is 0 Å². The van der Waals surface area contributed by atoms with E-state index in [-0.39, 0.29) is 0 Å². The Labute approximate surface area is 146 Å². The lowest BCUT2D eigenvalue weighted by Gasteiger charge is -2.28. The molecule has 2 rings (SSSR count). The van der Waals surface area contributed by atoms with E-state index in [1.807, 2.05) is 78.8 Å². The van der Waals surface area contributed by atoms with Crippen LogP contribution in [0.4, 0.5) is 0 Å². The van der Waals surface area contributed by atoms with Crippen LogP contribution in [0.1, 0.15) is 47.2 Å². The number of sulfonamides is 1. The largest absolute Gasteiger partial charge is 0.241 e. The summed E-state index contributed by atoms with van der Waals surface area (Å²) in [5, 5.41) is 0. The smallest absolute Gasteiger partial charge is 0.207 e. The molecule has 0 spiro atoms. The van der Waals surface area contributed by atoms with Crippen molar-refractivity contribution in [3.05, 3.63) is 63.7 Å². The summed E-state index contributed by atoms with van der Waals surface area (Å²) < 4.78 is 29.2. The van der Waals surface area contributed by atoms with Crippen molar-refractivity contribution < 1.29 is 8.42 Å². The summed E-state index contributed by atoms with van der Waals surface area (Å²) in [6, 6.07) is 9.64. The quantitative estimate of drug-likeness (QED) is 0.890. The summed E-state index contributed by atoms with van der Waals surface area (Å²) in [5.41, 5.74) is 5.13. The normalized spacial score (nSPS) is 12.5. The van der Waals surface area contributed by atoms with Gasteiger partial charge in [-0.2, -0.15) is 0 Å². The maximum Gasteiger partial charge on any atom is 0.241 e. The Balaban J connectivity index is 2.57. The first kappa shape index (κ1) is 18.7. The molecule has 0 unspecified atom stereocenters. The summed E-state index contributed by atoms with van der Waals surface area (Å²) in [6.45, 7) is 13.6. The fourth-order valence-electron chi connectivity index (χ4n) is 3.17. The van der Waals surface area contributed by atoms with E-state index in [1.165, 1.54) is 0 Å². The monoisotopic (exact) mass is 345 g/mol. The van der Waals surface area contributed by atoms with Gasteiger partial charge in [0.15, 0.2) is 0 Å². The first-order chi connectivity index (χ1) is 11.0. The molecular formula is C20H27NO2S. The zero-order valence-corrected chi connectivity index (χ0v) is 16.4. The van der Waals surface area contributed by atoms with E-state index < -0.39 is 15.6 Å². The van der Waals surface area contributed by atoms with Gasteiger partial charge in [0.25, 0.3) is 0 Å². The second kappa shape index (κ2) is 6.34. The second-order valence-corrected chi connectivity index (χ2v) is 8.67. The third-order valence-corrected chi connectivity index (χ3v) is 7.01. The summed E-state index contributed by atoms with van der Waals surface area (Å²) in [6.07, 6.45) is 0. The molecule has 0 saturated heterocycles. The van der Waals surface area contributed by atoms with Gasteiger partial charge in [-0.05, 0) is 81.8 Å². The zero-order chi connectivity index (χ0) is 18.3. The Kier molecular flexibility index (Phi) is 4.93. The molecule has 0 heterocycles. The molecular weight excluding hydrogens is 318 g/mol. The van der Waals surface area contributed by atoms with Gasteiger partial charge in [0.05, 0.1) is 10.4 Å². The standard InChI is InChI=1S/C20H27NO2S/c1-13-14(2)16(4)19(17(5)15(13)3)24(22,23)21-20(6,7)18-11-9-8-10-12-18/h8-12,21H,1-7H3. The van der Waals surface area contributed by atoms with Crippen LogP contribution in [-0.2, 0) is 15.6 Å². The topological polar surface area (TPSA) is 46.2 Å². The highest BCUT2D eigenvalue weighted by atomic mass is 32.2. The maximum atomic E-state index is 13.2. The van der Waals surface area contributed by atoms with Crippen LogP contribution in [0.2, 0.25) is 0 Å². The molecule has 0 aliphatic heterocycles. The molecule has 0 aromatic heterocycles. The van der Waals surface area contributed by atoms with E-state index in [2.05, 4.69) is 4.72 Å². The molecule has 0 radical (unpaired) electrons. The second-order valence-electron chi connectivity index (χ2n) is 7.05. The fourth-order valence-corrected chi connectivity index (χ4v) is 5.17. The Morgan fingerprint density at radius 3 is 1.62 bits per heavy atom. The van der Waals surface area contributed by atoms with E-state index in [1.54, 1.807) is 0 Å². The van der Waals surface area contributed by atoms with Gasteiger partial charge in [0.1, 0.15) is 0 Å². The highest BCUT2D eigenvalue weighted by molar-refractivity contribution is 7.89. The minimum atomic E-state index is -3.64. The summed E-state index contributed by atoms with van der Waals surface area (Å²) in [7, 11) is -3.64. The van der Waals surface area contributed by atoms with Gasteiger partial charge in [-0.3, -0.25) is 0 Å². The molecule has 0 amide bonds. The van der Waals surface area contributed by atoms with Crippen LogP contribution < -0.4 is 4.72 Å². The molecule has 4 heteroatoms. The highest BCUT2D eigenvalue weighted by Gasteiger charge is 2.31. The summed E-state index contributed by atoms with van der Waals surface area (Å²) >= 11 is 0. The van der Waals surface area contributed by atoms with E-state index in [4.69, 9.17) is 0 Å². The lowest BCUT2D eigenvalue weighted by atomic mass is 9.95. The van der Waals surface area contributed by atoms with Crippen molar-refractivity contribution in [3.63, 3.8) is 0 Å². The Morgan fingerprint density at radius 1 is 0.750 bits per heavy atom. The van der Waals surface area contributed by atoms with Gasteiger partial charge in [0, 0.05) is 0 Å². The van der Waals surface area contributed by atoms with Crippen molar-refractivity contribution >= 4 is 10.0 Å². The predicted molar refractivity (Wildman–Crippen MR) is 99.9 cm³/mol. The Bertz CT molecular complexity index is 837. The van der Waals surface area contributed by atoms with Crippen LogP contribution in [0, 0.1) is 34.6 Å². The SMILES string of the molecule is Cc1c(C)c(C)c(S(=O)(=O)NC(C)(C)c2ccccc2)c(C)c1C. The van der Waals surface area contributed by atoms with Crippen LogP contribution in [-0.4, -0.2) is 8.42 Å². The Hall–Kier alpha value is -1.65. The van der Waals surface area contributed by atoms with Crippen LogP contribution in [0.25, 0.3) is 0 Å². The van der Waals surface area contributed by atoms with Crippen LogP contribution in [0.5, 0.6) is 0 Å². The predicted octanol–water partition coefficient (Wildman–Crippen LogP) is 4.44. The van der Waals surface area contributed by atoms with Crippen molar-refractivity contribution in [2.45, 2.75) is 58.9 Å². The molecule has 0 aliphatic carbocycles. The van der Waals surface area contributed by atoms with E-state index in [0.717, 1.165) is 33.4 Å². The van der Waals surface area contributed by atoms with Gasteiger partial charge < -0.3 is 0 Å². The van der Waals surface area contributed by atoms with Crippen molar-refractivity contribution in [1.82, 2.24) is 4.72 Å². The Morgan fingerprint density at radius 2 is 1.17 bits per heavy atom. The minimum absolute atomic E-state index is 0.409. The lowest BCUT2D eigenvalue weighted by molar-refractivity contribution is 0.471. The van der Waals surface area contributed by atoms with Gasteiger partial charge >= 0.3 is 0 Å². The molecule has 0 aliphatic rings. The third-order valence-electron chi connectivity index (χ3n) is 5.08. The highest BCUT2D eigenvalue weighted by Crippen LogP contribution is 2.31. The van der Waals surface area contributed by atoms with E-state index >= 15 is 0 Å². The maximum absolute atomic E-state index is 13.2. The number of hydrogen-bond donors (Lipinski definition) is 1. The van der Waals surface area contributed by atoms with Gasteiger partial charge in [-0.1, -0.05) is 30.3 Å². The number of nitrogens with one attached hydrogen (secondary N) is 1. The molecule has 0 saturated carbocycles. The van der Waals surface area contributed by atoms with Crippen molar-refractivity contribution in [2.75, 3.05) is 0 Å². The lowest BCUT2D eigenvalue weighted by Crippen LogP contribution is -2.41. The van der Waals surface area contributed by atoms with E-state index in [0.29, 0.717) is 4.90 Å². The molecule has 24 heavy (non-hydrogen) atoms. The van der Waals surface area contributed by atoms with Gasteiger partial charge in [-0.25, -0.2) is 13.1 Å². The molecule has 3 nitrogen and oxygen atoms in total. The molecule has 1 N–H and O–H groups in total. The average molecular weight is 346 g/mol. The van der Waals surface area contributed by atoms with Crippen molar-refractivity contribution in [1.29, 1.82) is 0 Å². The van der Waals surface area contributed by atoms with E-state index in [9.17, 15) is 8.42 Å². The minimum Gasteiger partial charge on any atom is -0.207 e. The van der Waals surface area contributed by atoms with Crippen LogP contribution in [0.15, 0.2) is 35.2 Å². The zero-order valence-electron chi connectivity index (χ0n) is 15.6. The number of rotatable bonds is 4. The van der Waals surface area contributed by atoms with Crippen LogP contribution >= 0.6 is 0 Å². The first-order valence-corrected chi connectivity index (χ1v) is 9.64. The number of benzene rings is 2. The molecule has 2 aromatic carbocycles. The molecule has 0 fully saturated rings. The molecule has 0 atom stereocenters. The first-order valence-electron chi connectivity index (χ1n) is 8.15. The molecule has 130 valence electrons. The van der Waals surface area contributed by atoms with Crippen molar-refractivity contribution in [2.24, 2.45) is 0 Å². The fraction of sp³-hybridized carbons (Fsp3) is 0.400. The summed E-state index contributed by atoms with van der Waals surface area (Å²) in [4.78, 5) is 0.409. The molecule has 2 aromatic rings. The molecule has 0 bridgehead atoms. The average Bonchev–Trinajstić information content (AvgIpc) is 2.51. The van der Waals surface area contributed by atoms with Crippen LogP contribution in [0.3, 0.4) is 0 Å². The summed E-state index contributed by atoms with van der Waals surface area (Å²) in [5.74, 6) is 0. The van der Waals surface area contributed by atoms with Crippen molar-refractivity contribution in [3.8, 4) is 0 Å². The number of hydrogen-bond acceptors (Lipinski definition) is 2.